The number of benzene rings is 2. The first-order valence-corrected chi connectivity index (χ1v) is 9.77. The summed E-state index contributed by atoms with van der Waals surface area (Å²) < 4.78 is 68.9. The van der Waals surface area contributed by atoms with Gasteiger partial charge < -0.3 is 5.32 Å². The molecule has 0 aliphatic carbocycles. The molecule has 1 heterocycles. The van der Waals surface area contributed by atoms with E-state index in [0.717, 1.165) is 16.4 Å². The van der Waals surface area contributed by atoms with Crippen LogP contribution in [0, 0.1) is 17.5 Å². The van der Waals surface area contributed by atoms with Crippen LogP contribution in [-0.2, 0) is 16.4 Å². The maximum Gasteiger partial charge on any atom is 0.242 e. The summed E-state index contributed by atoms with van der Waals surface area (Å²) >= 11 is 0. The SMILES string of the molecule is CNCCC[C@H]1Cc2cc(F)ccc2N(c2cccc(F)c2F)S1(=O)=O. The Morgan fingerprint density at radius 1 is 1.15 bits per heavy atom. The maximum atomic E-state index is 14.4. The number of nitrogens with one attached hydrogen (secondary N) is 1. The van der Waals surface area contributed by atoms with Crippen LogP contribution in [0.25, 0.3) is 0 Å². The number of hydrogen-bond donors (Lipinski definition) is 1. The molecule has 2 aromatic carbocycles. The van der Waals surface area contributed by atoms with Crippen molar-refractivity contribution in [3.8, 4) is 0 Å². The Balaban J connectivity index is 2.15. The third kappa shape index (κ3) is 3.31. The minimum atomic E-state index is -3.99. The highest BCUT2D eigenvalue weighted by Crippen LogP contribution is 2.41. The number of rotatable bonds is 5. The second kappa shape index (κ2) is 7.28. The Bertz CT molecular complexity index is 919. The van der Waals surface area contributed by atoms with Crippen LogP contribution in [0.3, 0.4) is 0 Å². The van der Waals surface area contributed by atoms with E-state index in [1.165, 1.54) is 24.3 Å². The van der Waals surface area contributed by atoms with Crippen LogP contribution in [0.15, 0.2) is 36.4 Å². The zero-order chi connectivity index (χ0) is 18.9. The van der Waals surface area contributed by atoms with Crippen LogP contribution in [0.4, 0.5) is 24.5 Å². The quantitative estimate of drug-likeness (QED) is 0.803. The van der Waals surface area contributed by atoms with Gasteiger partial charge in [-0.15, -0.1) is 0 Å². The Kier molecular flexibility index (Phi) is 5.24. The summed E-state index contributed by atoms with van der Waals surface area (Å²) in [4.78, 5) is 0. The van der Waals surface area contributed by atoms with E-state index < -0.39 is 38.4 Å². The Hall–Kier alpha value is -2.06. The molecule has 0 unspecified atom stereocenters. The molecule has 0 fully saturated rings. The molecule has 0 amide bonds. The topological polar surface area (TPSA) is 49.4 Å². The van der Waals surface area contributed by atoms with Gasteiger partial charge in [-0.3, -0.25) is 0 Å². The summed E-state index contributed by atoms with van der Waals surface area (Å²) in [5.41, 5.74) is 0.217. The fraction of sp³-hybridized carbons (Fsp3) is 0.333. The standard InChI is InChI=1S/C18H19F3N2O2S/c1-22-9-3-4-14-11-12-10-13(19)7-8-16(12)23(26(14,24)25)17-6-2-5-15(20)18(17)21/h2,5-8,10,14,22H,3-4,9,11H2,1H3/t14-/m0/s1. The van der Waals surface area contributed by atoms with Gasteiger partial charge >= 0.3 is 0 Å². The van der Waals surface area contributed by atoms with Crippen molar-refractivity contribution in [1.29, 1.82) is 0 Å². The van der Waals surface area contributed by atoms with Gasteiger partial charge in [0.15, 0.2) is 11.6 Å². The average Bonchev–Trinajstić information content (AvgIpc) is 2.59. The summed E-state index contributed by atoms with van der Waals surface area (Å²) in [6.07, 6.45) is 1.05. The molecule has 0 saturated heterocycles. The predicted molar refractivity (Wildman–Crippen MR) is 94.5 cm³/mol. The molecule has 0 radical (unpaired) electrons. The molecule has 0 aromatic heterocycles. The molecule has 0 saturated carbocycles. The van der Waals surface area contributed by atoms with Gasteiger partial charge in [-0.2, -0.15) is 0 Å². The van der Waals surface area contributed by atoms with Crippen LogP contribution in [-0.4, -0.2) is 27.3 Å². The smallest absolute Gasteiger partial charge is 0.242 e. The van der Waals surface area contributed by atoms with Crippen molar-refractivity contribution in [2.24, 2.45) is 0 Å². The van der Waals surface area contributed by atoms with Gasteiger partial charge in [-0.25, -0.2) is 25.9 Å². The third-order valence-electron chi connectivity index (χ3n) is 4.49. The van der Waals surface area contributed by atoms with Crippen molar-refractivity contribution in [2.75, 3.05) is 17.9 Å². The van der Waals surface area contributed by atoms with E-state index in [4.69, 9.17) is 0 Å². The van der Waals surface area contributed by atoms with Gasteiger partial charge in [0.05, 0.1) is 16.6 Å². The molecule has 140 valence electrons. The number of hydrogen-bond acceptors (Lipinski definition) is 3. The number of fused-ring (bicyclic) bond motifs is 1. The lowest BCUT2D eigenvalue weighted by Crippen LogP contribution is -2.42. The first kappa shape index (κ1) is 18.7. The fourth-order valence-corrected chi connectivity index (χ4v) is 5.25. The lowest BCUT2D eigenvalue weighted by Gasteiger charge is -2.35. The molecule has 1 aliphatic rings. The molecule has 3 rings (SSSR count). The lowest BCUT2D eigenvalue weighted by molar-refractivity contribution is 0.508. The molecular formula is C18H19F3N2O2S. The van der Waals surface area contributed by atoms with Crippen LogP contribution in [0.5, 0.6) is 0 Å². The first-order chi connectivity index (χ1) is 12.4. The van der Waals surface area contributed by atoms with Crippen molar-refractivity contribution < 1.29 is 21.6 Å². The van der Waals surface area contributed by atoms with Crippen LogP contribution >= 0.6 is 0 Å². The highest BCUT2D eigenvalue weighted by molar-refractivity contribution is 7.93. The van der Waals surface area contributed by atoms with Crippen molar-refractivity contribution in [3.05, 3.63) is 59.4 Å². The van der Waals surface area contributed by atoms with Gasteiger partial charge in [-0.05, 0) is 68.8 Å². The monoisotopic (exact) mass is 384 g/mol. The number of halogens is 3. The Morgan fingerprint density at radius 3 is 2.65 bits per heavy atom. The third-order valence-corrected chi connectivity index (χ3v) is 6.63. The van der Waals surface area contributed by atoms with E-state index >= 15 is 0 Å². The molecule has 1 atom stereocenters. The fourth-order valence-electron chi connectivity index (χ4n) is 3.23. The van der Waals surface area contributed by atoms with E-state index in [2.05, 4.69) is 5.32 Å². The van der Waals surface area contributed by atoms with Crippen molar-refractivity contribution >= 4 is 21.4 Å². The van der Waals surface area contributed by atoms with E-state index in [0.29, 0.717) is 24.9 Å². The summed E-state index contributed by atoms with van der Waals surface area (Å²) in [5, 5.41) is 2.10. The van der Waals surface area contributed by atoms with E-state index in [-0.39, 0.29) is 12.1 Å². The molecule has 2 aromatic rings. The molecule has 1 N–H and O–H groups in total. The largest absolute Gasteiger partial charge is 0.320 e. The van der Waals surface area contributed by atoms with Crippen molar-refractivity contribution in [2.45, 2.75) is 24.5 Å². The molecule has 0 bridgehead atoms. The van der Waals surface area contributed by atoms with Gasteiger partial charge in [0.2, 0.25) is 10.0 Å². The normalized spacial score (nSPS) is 18.6. The second-order valence-corrected chi connectivity index (χ2v) is 8.29. The molecule has 0 spiro atoms. The van der Waals surface area contributed by atoms with E-state index in [9.17, 15) is 21.6 Å². The first-order valence-electron chi connectivity index (χ1n) is 8.27. The summed E-state index contributed by atoms with van der Waals surface area (Å²) in [7, 11) is -2.23. The van der Waals surface area contributed by atoms with Crippen molar-refractivity contribution in [1.82, 2.24) is 5.32 Å². The Labute approximate surface area is 150 Å². The maximum absolute atomic E-state index is 14.4. The van der Waals surface area contributed by atoms with Gasteiger partial charge in [0.1, 0.15) is 5.82 Å². The van der Waals surface area contributed by atoms with E-state index in [1.807, 2.05) is 0 Å². The van der Waals surface area contributed by atoms with Crippen LogP contribution in [0.1, 0.15) is 18.4 Å². The molecule has 8 heteroatoms. The summed E-state index contributed by atoms with van der Waals surface area (Å²) in [5.74, 6) is -2.89. The highest BCUT2D eigenvalue weighted by atomic mass is 32.2. The minimum absolute atomic E-state index is 0.132. The Morgan fingerprint density at radius 2 is 1.92 bits per heavy atom. The zero-order valence-corrected chi connectivity index (χ0v) is 15.0. The number of anilines is 2. The predicted octanol–water partition coefficient (Wildman–Crippen LogP) is 3.50. The average molecular weight is 384 g/mol. The molecule has 26 heavy (non-hydrogen) atoms. The number of nitrogens with zero attached hydrogens (tertiary/aromatic N) is 1. The number of sulfonamides is 1. The summed E-state index contributed by atoms with van der Waals surface area (Å²) in [6, 6.07) is 7.02. The molecule has 4 nitrogen and oxygen atoms in total. The molecule has 1 aliphatic heterocycles. The zero-order valence-electron chi connectivity index (χ0n) is 14.2. The molecular weight excluding hydrogens is 365 g/mol. The van der Waals surface area contributed by atoms with Gasteiger partial charge in [-0.1, -0.05) is 6.07 Å². The van der Waals surface area contributed by atoms with Gasteiger partial charge in [0.25, 0.3) is 0 Å². The van der Waals surface area contributed by atoms with Crippen LogP contribution in [0.2, 0.25) is 0 Å². The highest BCUT2D eigenvalue weighted by Gasteiger charge is 2.40. The van der Waals surface area contributed by atoms with Crippen LogP contribution < -0.4 is 9.62 Å². The van der Waals surface area contributed by atoms with Crippen molar-refractivity contribution in [3.63, 3.8) is 0 Å². The lowest BCUT2D eigenvalue weighted by atomic mass is 10.0. The minimum Gasteiger partial charge on any atom is -0.320 e. The van der Waals surface area contributed by atoms with E-state index in [1.54, 1.807) is 7.05 Å². The van der Waals surface area contributed by atoms with Gasteiger partial charge in [0, 0.05) is 0 Å². The summed E-state index contributed by atoms with van der Waals surface area (Å²) in [6.45, 7) is 0.621. The second-order valence-electron chi connectivity index (χ2n) is 6.23.